The van der Waals surface area contributed by atoms with Gasteiger partial charge in [0.25, 0.3) is 0 Å². The Morgan fingerprint density at radius 2 is 2.33 bits per heavy atom. The van der Waals surface area contributed by atoms with E-state index >= 15 is 0 Å². The standard InChI is InChI=1S/C11H15ClO2S/c1-7(5-10(13)14)3-4-9-6-8(2)11(12)15-9/h6-7H,3-5H2,1-2H3,(H,13,14). The molecular weight excluding hydrogens is 232 g/mol. The molecular formula is C11H15ClO2S. The zero-order chi connectivity index (χ0) is 11.4. The molecule has 0 aliphatic heterocycles. The lowest BCUT2D eigenvalue weighted by molar-refractivity contribution is -0.138. The molecule has 0 saturated carbocycles. The molecule has 0 aliphatic rings. The lowest BCUT2D eigenvalue weighted by Crippen LogP contribution is -2.04. The SMILES string of the molecule is Cc1cc(CCC(C)CC(=O)O)sc1Cl. The number of hydrogen-bond acceptors (Lipinski definition) is 2. The van der Waals surface area contributed by atoms with Crippen molar-refractivity contribution < 1.29 is 9.90 Å². The van der Waals surface area contributed by atoms with Crippen LogP contribution in [0.1, 0.15) is 30.2 Å². The number of hydrogen-bond donors (Lipinski definition) is 1. The summed E-state index contributed by atoms with van der Waals surface area (Å²) in [5.41, 5.74) is 1.11. The van der Waals surface area contributed by atoms with Gasteiger partial charge in [0, 0.05) is 11.3 Å². The third-order valence-corrected chi connectivity index (χ3v) is 3.93. The Hall–Kier alpha value is -0.540. The maximum absolute atomic E-state index is 10.5. The Morgan fingerprint density at radius 3 is 2.80 bits per heavy atom. The van der Waals surface area contributed by atoms with Gasteiger partial charge < -0.3 is 5.11 Å². The van der Waals surface area contributed by atoms with Crippen molar-refractivity contribution in [3.8, 4) is 0 Å². The molecule has 2 nitrogen and oxygen atoms in total. The number of rotatable bonds is 5. The summed E-state index contributed by atoms with van der Waals surface area (Å²) in [6, 6.07) is 2.08. The van der Waals surface area contributed by atoms with Gasteiger partial charge in [-0.15, -0.1) is 11.3 Å². The maximum atomic E-state index is 10.5. The molecule has 1 aromatic heterocycles. The number of carboxylic acid groups (broad SMARTS) is 1. The molecule has 15 heavy (non-hydrogen) atoms. The first-order chi connectivity index (χ1) is 6.99. The van der Waals surface area contributed by atoms with Crippen molar-refractivity contribution in [2.45, 2.75) is 33.1 Å². The summed E-state index contributed by atoms with van der Waals surface area (Å²) < 4.78 is 0.843. The molecule has 1 atom stereocenters. The van der Waals surface area contributed by atoms with E-state index < -0.39 is 5.97 Å². The van der Waals surface area contributed by atoms with Crippen molar-refractivity contribution in [3.63, 3.8) is 0 Å². The van der Waals surface area contributed by atoms with E-state index in [-0.39, 0.29) is 12.3 Å². The van der Waals surface area contributed by atoms with E-state index in [0.29, 0.717) is 0 Å². The van der Waals surface area contributed by atoms with Crippen molar-refractivity contribution >= 4 is 28.9 Å². The van der Waals surface area contributed by atoms with Crippen molar-refractivity contribution in [1.82, 2.24) is 0 Å². The monoisotopic (exact) mass is 246 g/mol. The van der Waals surface area contributed by atoms with Crippen LogP contribution in [-0.2, 0) is 11.2 Å². The molecule has 1 rings (SSSR count). The minimum Gasteiger partial charge on any atom is -0.481 e. The van der Waals surface area contributed by atoms with Gasteiger partial charge in [0.15, 0.2) is 0 Å². The average Bonchev–Trinajstić information content (AvgIpc) is 2.42. The highest BCUT2D eigenvalue weighted by Crippen LogP contribution is 2.28. The first-order valence-electron chi connectivity index (χ1n) is 4.95. The Morgan fingerprint density at radius 1 is 1.67 bits per heavy atom. The van der Waals surface area contributed by atoms with E-state index in [9.17, 15) is 4.79 Å². The van der Waals surface area contributed by atoms with Crippen molar-refractivity contribution in [1.29, 1.82) is 0 Å². The fraction of sp³-hybridized carbons (Fsp3) is 0.545. The summed E-state index contributed by atoms with van der Waals surface area (Å²) in [5, 5.41) is 8.61. The largest absolute Gasteiger partial charge is 0.481 e. The minimum absolute atomic E-state index is 0.226. The molecule has 0 aliphatic carbocycles. The normalized spacial score (nSPS) is 12.7. The number of carbonyl (C=O) groups is 1. The topological polar surface area (TPSA) is 37.3 Å². The molecule has 0 spiro atoms. The average molecular weight is 247 g/mol. The fourth-order valence-corrected chi connectivity index (χ4v) is 2.69. The predicted molar refractivity (Wildman–Crippen MR) is 63.8 cm³/mol. The van der Waals surface area contributed by atoms with Gasteiger partial charge >= 0.3 is 5.97 Å². The van der Waals surface area contributed by atoms with Crippen LogP contribution in [0.3, 0.4) is 0 Å². The van der Waals surface area contributed by atoms with Gasteiger partial charge in [-0.05, 0) is 37.3 Å². The first-order valence-corrected chi connectivity index (χ1v) is 6.15. The highest BCUT2D eigenvalue weighted by molar-refractivity contribution is 7.16. The lowest BCUT2D eigenvalue weighted by atomic mass is 10.0. The van der Waals surface area contributed by atoms with Crippen LogP contribution in [-0.4, -0.2) is 11.1 Å². The van der Waals surface area contributed by atoms with Crippen LogP contribution in [0.5, 0.6) is 0 Å². The molecule has 4 heteroatoms. The number of thiophene rings is 1. The van der Waals surface area contributed by atoms with Crippen LogP contribution in [0.2, 0.25) is 4.34 Å². The maximum Gasteiger partial charge on any atom is 0.303 e. The van der Waals surface area contributed by atoms with Gasteiger partial charge in [-0.2, -0.15) is 0 Å². The molecule has 84 valence electrons. The second kappa shape index (κ2) is 5.52. The van der Waals surface area contributed by atoms with Crippen molar-refractivity contribution in [3.05, 3.63) is 20.8 Å². The number of halogens is 1. The minimum atomic E-state index is -0.720. The highest BCUT2D eigenvalue weighted by Gasteiger charge is 2.09. The lowest BCUT2D eigenvalue weighted by Gasteiger charge is -2.06. The van der Waals surface area contributed by atoms with Gasteiger partial charge in [0.2, 0.25) is 0 Å². The molecule has 1 heterocycles. The van der Waals surface area contributed by atoms with Crippen LogP contribution in [0.4, 0.5) is 0 Å². The number of carboxylic acids is 1. The molecule has 0 saturated heterocycles. The van der Waals surface area contributed by atoms with Gasteiger partial charge in [-0.3, -0.25) is 4.79 Å². The highest BCUT2D eigenvalue weighted by atomic mass is 35.5. The van der Waals surface area contributed by atoms with Crippen LogP contribution in [0.15, 0.2) is 6.07 Å². The summed E-state index contributed by atoms with van der Waals surface area (Å²) >= 11 is 7.55. The molecule has 1 aromatic rings. The molecule has 0 amide bonds. The van der Waals surface area contributed by atoms with E-state index in [1.807, 2.05) is 13.8 Å². The number of aryl methyl sites for hydroxylation is 2. The first kappa shape index (κ1) is 12.5. The molecule has 0 radical (unpaired) electrons. The fourth-order valence-electron chi connectivity index (χ4n) is 1.44. The second-order valence-corrected chi connectivity index (χ2v) is 5.65. The van der Waals surface area contributed by atoms with E-state index in [4.69, 9.17) is 16.7 Å². The van der Waals surface area contributed by atoms with E-state index in [1.165, 1.54) is 4.88 Å². The summed E-state index contributed by atoms with van der Waals surface area (Å²) in [6.07, 6.45) is 2.08. The van der Waals surface area contributed by atoms with Crippen molar-refractivity contribution in [2.75, 3.05) is 0 Å². The van der Waals surface area contributed by atoms with E-state index in [1.54, 1.807) is 11.3 Å². The number of aliphatic carboxylic acids is 1. The van der Waals surface area contributed by atoms with Gasteiger partial charge in [-0.1, -0.05) is 18.5 Å². The third-order valence-electron chi connectivity index (χ3n) is 2.31. The molecule has 0 fully saturated rings. The van der Waals surface area contributed by atoms with Gasteiger partial charge in [0.05, 0.1) is 4.34 Å². The smallest absolute Gasteiger partial charge is 0.303 e. The summed E-state index contributed by atoms with van der Waals surface area (Å²) in [6.45, 7) is 3.96. The summed E-state index contributed by atoms with van der Waals surface area (Å²) in [7, 11) is 0. The Kier molecular flexibility index (Phi) is 4.61. The van der Waals surface area contributed by atoms with Crippen LogP contribution < -0.4 is 0 Å². The molecule has 0 bridgehead atoms. The zero-order valence-electron chi connectivity index (χ0n) is 8.92. The van der Waals surface area contributed by atoms with Crippen LogP contribution in [0, 0.1) is 12.8 Å². The van der Waals surface area contributed by atoms with Crippen molar-refractivity contribution in [2.24, 2.45) is 5.92 Å². The zero-order valence-corrected chi connectivity index (χ0v) is 10.5. The van der Waals surface area contributed by atoms with Crippen LogP contribution in [0.25, 0.3) is 0 Å². The van der Waals surface area contributed by atoms with Gasteiger partial charge in [-0.25, -0.2) is 0 Å². The predicted octanol–water partition coefficient (Wildman–Crippen LogP) is 3.75. The van der Waals surface area contributed by atoms with E-state index in [0.717, 1.165) is 22.7 Å². The Balaban J connectivity index is 2.40. The molecule has 0 aromatic carbocycles. The van der Waals surface area contributed by atoms with Gasteiger partial charge in [0.1, 0.15) is 0 Å². The Labute approximate surface area is 98.9 Å². The second-order valence-electron chi connectivity index (χ2n) is 3.91. The summed E-state index contributed by atoms with van der Waals surface area (Å²) in [4.78, 5) is 11.7. The Bertz CT molecular complexity index is 327. The molecule has 1 N–H and O–H groups in total. The van der Waals surface area contributed by atoms with Crippen LogP contribution >= 0.6 is 22.9 Å². The quantitative estimate of drug-likeness (QED) is 0.859. The third kappa shape index (κ3) is 4.22. The molecule has 1 unspecified atom stereocenters. The van der Waals surface area contributed by atoms with E-state index in [2.05, 4.69) is 6.07 Å². The summed E-state index contributed by atoms with van der Waals surface area (Å²) in [5.74, 6) is -0.494.